The minimum absolute atomic E-state index is 0.00378. The van der Waals surface area contributed by atoms with Crippen molar-refractivity contribution in [2.75, 3.05) is 26.9 Å². The number of nitrogens with one attached hydrogen (secondary N) is 1. The molecular weight excluding hydrogens is 452 g/mol. The summed E-state index contributed by atoms with van der Waals surface area (Å²) in [6, 6.07) is 16.6. The van der Waals surface area contributed by atoms with E-state index in [0.717, 1.165) is 5.56 Å². The molecule has 9 heteroatoms. The summed E-state index contributed by atoms with van der Waals surface area (Å²) in [5.74, 6) is 1.18. The van der Waals surface area contributed by atoms with E-state index in [4.69, 9.17) is 18.6 Å². The first-order valence-electron chi connectivity index (χ1n) is 11.3. The molecule has 0 saturated carbocycles. The summed E-state index contributed by atoms with van der Waals surface area (Å²) in [5.41, 5.74) is 0.867. The Kier molecular flexibility index (Phi) is 7.89. The molecule has 35 heavy (non-hydrogen) atoms. The van der Waals surface area contributed by atoms with Gasteiger partial charge in [0, 0.05) is 19.7 Å². The van der Waals surface area contributed by atoms with Gasteiger partial charge in [0.1, 0.15) is 18.1 Å². The molecule has 2 amide bonds. The molecule has 0 bridgehead atoms. The van der Waals surface area contributed by atoms with Gasteiger partial charge in [0.05, 0.1) is 13.4 Å². The zero-order valence-electron chi connectivity index (χ0n) is 19.4. The molecule has 0 unspecified atom stereocenters. The Balaban J connectivity index is 1.55. The molecule has 0 fully saturated rings. The number of ether oxygens (including phenoxy) is 3. The number of carbonyl (C=O) groups excluding carboxylic acids is 2. The number of nitrogens with zero attached hydrogens (tertiary/aromatic N) is 1. The molecule has 1 aromatic heterocycles. The molecule has 2 heterocycles. The van der Waals surface area contributed by atoms with Crippen molar-refractivity contribution in [2.24, 2.45) is 0 Å². The van der Waals surface area contributed by atoms with Crippen molar-refractivity contribution in [1.29, 1.82) is 0 Å². The number of benzene rings is 2. The summed E-state index contributed by atoms with van der Waals surface area (Å²) in [5, 5.41) is 12.3. The summed E-state index contributed by atoms with van der Waals surface area (Å²) < 4.78 is 22.3. The number of methoxy groups -OCH3 is 1. The molecule has 184 valence electrons. The molecular formula is C26H28N2O7. The first kappa shape index (κ1) is 24.2. The zero-order valence-corrected chi connectivity index (χ0v) is 19.4. The van der Waals surface area contributed by atoms with E-state index in [9.17, 15) is 14.7 Å². The van der Waals surface area contributed by atoms with Gasteiger partial charge in [0.2, 0.25) is 6.10 Å². The van der Waals surface area contributed by atoms with Crippen molar-refractivity contribution in [3.05, 3.63) is 78.3 Å². The minimum Gasteiger partial charge on any atom is -0.497 e. The molecule has 2 atom stereocenters. The lowest BCUT2D eigenvalue weighted by molar-refractivity contribution is -0.149. The largest absolute Gasteiger partial charge is 0.497 e. The van der Waals surface area contributed by atoms with Crippen molar-refractivity contribution >= 4 is 11.8 Å². The van der Waals surface area contributed by atoms with Crippen LogP contribution < -0.4 is 19.5 Å². The third kappa shape index (κ3) is 5.75. The van der Waals surface area contributed by atoms with E-state index < -0.39 is 24.0 Å². The number of furan rings is 1. The summed E-state index contributed by atoms with van der Waals surface area (Å²) >= 11 is 0. The highest BCUT2D eigenvalue weighted by Gasteiger charge is 2.39. The van der Waals surface area contributed by atoms with Gasteiger partial charge >= 0.3 is 0 Å². The first-order valence-corrected chi connectivity index (χ1v) is 11.3. The zero-order chi connectivity index (χ0) is 24.6. The fraction of sp³-hybridized carbons (Fsp3) is 0.308. The average molecular weight is 481 g/mol. The normalized spacial score (nSPS) is 15.2. The fourth-order valence-electron chi connectivity index (χ4n) is 3.83. The second kappa shape index (κ2) is 11.4. The Labute approximate surface area is 203 Å². The van der Waals surface area contributed by atoms with E-state index in [1.807, 2.05) is 18.2 Å². The second-order valence-corrected chi connectivity index (χ2v) is 7.96. The Bertz CT molecular complexity index is 1110. The fourth-order valence-corrected chi connectivity index (χ4v) is 3.83. The molecule has 9 nitrogen and oxygen atoms in total. The van der Waals surface area contributed by atoms with Gasteiger partial charge in [-0.15, -0.1) is 0 Å². The SMILES string of the molecule is COc1ccc(CNC(=O)[C@@H](c2ccco2)N(CCCO)C(=O)[C@@H]2COc3ccccc3O2)cc1. The minimum atomic E-state index is -1.05. The predicted molar refractivity (Wildman–Crippen MR) is 126 cm³/mol. The molecule has 1 aliphatic heterocycles. The van der Waals surface area contributed by atoms with Crippen LogP contribution in [0.4, 0.5) is 0 Å². The molecule has 2 aromatic carbocycles. The molecule has 0 aliphatic carbocycles. The van der Waals surface area contributed by atoms with Crippen molar-refractivity contribution in [3.8, 4) is 17.2 Å². The maximum absolute atomic E-state index is 13.6. The third-order valence-corrected chi connectivity index (χ3v) is 5.62. The lowest BCUT2D eigenvalue weighted by Crippen LogP contribution is -2.51. The molecule has 0 spiro atoms. The van der Waals surface area contributed by atoms with Gasteiger partial charge in [-0.3, -0.25) is 9.59 Å². The lowest BCUT2D eigenvalue weighted by atomic mass is 10.1. The van der Waals surface area contributed by atoms with Crippen LogP contribution in [0.5, 0.6) is 17.2 Å². The molecule has 1 aliphatic rings. The van der Waals surface area contributed by atoms with Gasteiger partial charge in [-0.25, -0.2) is 0 Å². The Morgan fingerprint density at radius 2 is 1.89 bits per heavy atom. The average Bonchev–Trinajstić information content (AvgIpc) is 3.43. The van der Waals surface area contributed by atoms with Crippen LogP contribution >= 0.6 is 0 Å². The van der Waals surface area contributed by atoms with E-state index in [0.29, 0.717) is 23.0 Å². The van der Waals surface area contributed by atoms with Gasteiger partial charge in [0.25, 0.3) is 11.8 Å². The number of carbonyl (C=O) groups is 2. The molecule has 0 radical (unpaired) electrons. The van der Waals surface area contributed by atoms with Gasteiger partial charge in [-0.2, -0.15) is 0 Å². The smallest absolute Gasteiger partial charge is 0.268 e. The maximum atomic E-state index is 13.6. The van der Waals surface area contributed by atoms with E-state index in [1.54, 1.807) is 49.6 Å². The third-order valence-electron chi connectivity index (χ3n) is 5.62. The monoisotopic (exact) mass is 480 g/mol. The number of fused-ring (bicyclic) bond motifs is 1. The van der Waals surface area contributed by atoms with Gasteiger partial charge < -0.3 is 34.0 Å². The predicted octanol–water partition coefficient (Wildman–Crippen LogP) is 2.70. The van der Waals surface area contributed by atoms with Crippen LogP contribution in [0.3, 0.4) is 0 Å². The van der Waals surface area contributed by atoms with E-state index in [2.05, 4.69) is 5.32 Å². The number of para-hydroxylation sites is 2. The van der Waals surface area contributed by atoms with Crippen molar-refractivity contribution < 1.29 is 33.3 Å². The number of aliphatic hydroxyl groups is 1. The highest BCUT2D eigenvalue weighted by atomic mass is 16.6. The molecule has 0 saturated heterocycles. The highest BCUT2D eigenvalue weighted by molar-refractivity contribution is 5.90. The summed E-state index contributed by atoms with van der Waals surface area (Å²) in [7, 11) is 1.59. The van der Waals surface area contributed by atoms with Crippen LogP contribution in [0.2, 0.25) is 0 Å². The topological polar surface area (TPSA) is 110 Å². The highest BCUT2D eigenvalue weighted by Crippen LogP contribution is 2.32. The van der Waals surface area contributed by atoms with Crippen molar-refractivity contribution in [1.82, 2.24) is 10.2 Å². The Morgan fingerprint density at radius 1 is 1.11 bits per heavy atom. The molecule has 2 N–H and O–H groups in total. The van der Waals surface area contributed by atoms with Crippen LogP contribution in [-0.2, 0) is 16.1 Å². The van der Waals surface area contributed by atoms with Crippen LogP contribution in [0, 0.1) is 0 Å². The summed E-state index contributed by atoms with van der Waals surface area (Å²) in [6.07, 6.45) is 0.777. The first-order chi connectivity index (χ1) is 17.1. The number of rotatable bonds is 10. The lowest BCUT2D eigenvalue weighted by Gasteiger charge is -2.34. The van der Waals surface area contributed by atoms with Crippen LogP contribution in [0.25, 0.3) is 0 Å². The van der Waals surface area contributed by atoms with Gasteiger partial charge in [0.15, 0.2) is 17.5 Å². The molecule has 3 aromatic rings. The Morgan fingerprint density at radius 3 is 2.57 bits per heavy atom. The van der Waals surface area contributed by atoms with Gasteiger partial charge in [-0.1, -0.05) is 24.3 Å². The van der Waals surface area contributed by atoms with E-state index in [-0.39, 0.29) is 32.7 Å². The summed E-state index contributed by atoms with van der Waals surface area (Å²) in [4.78, 5) is 28.4. The van der Waals surface area contributed by atoms with E-state index in [1.165, 1.54) is 11.2 Å². The quantitative estimate of drug-likeness (QED) is 0.459. The van der Waals surface area contributed by atoms with Crippen LogP contribution in [0.15, 0.2) is 71.3 Å². The Hall–Kier alpha value is -3.98. The van der Waals surface area contributed by atoms with Gasteiger partial charge in [-0.05, 0) is 48.4 Å². The van der Waals surface area contributed by atoms with Crippen molar-refractivity contribution in [2.45, 2.75) is 25.1 Å². The number of hydrogen-bond donors (Lipinski definition) is 2. The summed E-state index contributed by atoms with van der Waals surface area (Å²) in [6.45, 7) is 0.230. The molecule has 4 rings (SSSR count). The maximum Gasteiger partial charge on any atom is 0.268 e. The van der Waals surface area contributed by atoms with Crippen LogP contribution in [0.1, 0.15) is 23.8 Å². The second-order valence-electron chi connectivity index (χ2n) is 7.96. The number of hydrogen-bond acceptors (Lipinski definition) is 7. The standard InChI is InChI=1S/C26H28N2O7/c1-32-19-11-9-18(10-12-19)16-27-25(30)24(22-8-4-15-33-22)28(13-5-14-29)26(31)23-17-34-20-6-2-3-7-21(20)35-23/h2-4,6-12,15,23-24,29H,5,13-14,16-17H2,1H3,(H,27,30)/t23-,24+/m0/s1. The number of amides is 2. The van der Waals surface area contributed by atoms with Crippen LogP contribution in [-0.4, -0.2) is 54.8 Å². The van der Waals surface area contributed by atoms with Crippen molar-refractivity contribution in [3.63, 3.8) is 0 Å². The van der Waals surface area contributed by atoms with E-state index >= 15 is 0 Å². The number of aliphatic hydroxyl groups excluding tert-OH is 1.